The highest BCUT2D eigenvalue weighted by molar-refractivity contribution is 7.20. The van der Waals surface area contributed by atoms with Gasteiger partial charge in [0.2, 0.25) is 0 Å². The van der Waals surface area contributed by atoms with Crippen LogP contribution in [0.25, 0.3) is 10.2 Å². The van der Waals surface area contributed by atoms with Crippen molar-refractivity contribution < 1.29 is 9.18 Å². The Balaban J connectivity index is 1.31. The second kappa shape index (κ2) is 9.43. The third-order valence-corrected chi connectivity index (χ3v) is 8.20. The van der Waals surface area contributed by atoms with E-state index >= 15 is 0 Å². The lowest BCUT2D eigenvalue weighted by atomic mass is 9.96. The molecule has 33 heavy (non-hydrogen) atoms. The van der Waals surface area contributed by atoms with E-state index in [1.807, 2.05) is 13.0 Å². The van der Waals surface area contributed by atoms with E-state index in [4.69, 9.17) is 5.10 Å². The molecule has 1 saturated carbocycles. The average Bonchev–Trinajstić information content (AvgIpc) is 3.41. The van der Waals surface area contributed by atoms with Gasteiger partial charge in [-0.15, -0.1) is 11.3 Å². The van der Waals surface area contributed by atoms with E-state index in [1.54, 1.807) is 12.1 Å². The Labute approximate surface area is 198 Å². The lowest BCUT2D eigenvalue weighted by molar-refractivity contribution is 0.103. The largest absolute Gasteiger partial charge is 0.367 e. The third kappa shape index (κ3) is 4.51. The maximum Gasteiger partial charge on any atom is 0.265 e. The Bertz CT molecular complexity index is 1140. The van der Waals surface area contributed by atoms with Gasteiger partial charge in [0.15, 0.2) is 0 Å². The number of rotatable bonds is 5. The zero-order valence-corrected chi connectivity index (χ0v) is 20.3. The maximum absolute atomic E-state index is 14.9. The second-order valence-electron chi connectivity index (χ2n) is 9.19. The minimum atomic E-state index is -0.294. The van der Waals surface area contributed by atoms with Gasteiger partial charge in [-0.05, 0) is 50.6 Å². The van der Waals surface area contributed by atoms with Crippen LogP contribution < -0.4 is 10.2 Å². The molecule has 3 heterocycles. The highest BCUT2D eigenvalue weighted by Gasteiger charge is 2.23. The Morgan fingerprint density at radius 2 is 1.91 bits per heavy atom. The van der Waals surface area contributed by atoms with Gasteiger partial charge in [0, 0.05) is 37.3 Å². The Morgan fingerprint density at radius 3 is 2.61 bits per heavy atom. The van der Waals surface area contributed by atoms with Crippen molar-refractivity contribution in [1.82, 2.24) is 14.7 Å². The van der Waals surface area contributed by atoms with Gasteiger partial charge in [0.05, 0.1) is 22.3 Å². The molecule has 0 atom stereocenters. The summed E-state index contributed by atoms with van der Waals surface area (Å²) < 4.78 is 17.0. The molecule has 3 aromatic rings. The number of anilines is 2. The third-order valence-electron chi connectivity index (χ3n) is 7.08. The molecular formula is C25H32FN5OS. The van der Waals surface area contributed by atoms with Crippen LogP contribution >= 0.6 is 11.3 Å². The summed E-state index contributed by atoms with van der Waals surface area (Å²) in [6.07, 6.45) is 6.06. The van der Waals surface area contributed by atoms with Gasteiger partial charge in [0.1, 0.15) is 10.6 Å². The van der Waals surface area contributed by atoms with Crippen LogP contribution in [0.4, 0.5) is 15.8 Å². The fraction of sp³-hybridized carbons (Fsp3) is 0.520. The summed E-state index contributed by atoms with van der Waals surface area (Å²) in [4.78, 5) is 19.1. The van der Waals surface area contributed by atoms with E-state index in [-0.39, 0.29) is 11.7 Å². The van der Waals surface area contributed by atoms with Crippen LogP contribution in [0.1, 0.15) is 60.4 Å². The zero-order valence-electron chi connectivity index (χ0n) is 19.4. The molecule has 1 N–H and O–H groups in total. The Hall–Kier alpha value is -2.45. The highest BCUT2D eigenvalue weighted by atomic mass is 32.1. The molecule has 5 rings (SSSR count). The number of amides is 1. The van der Waals surface area contributed by atoms with Gasteiger partial charge >= 0.3 is 0 Å². The molecule has 0 spiro atoms. The summed E-state index contributed by atoms with van der Waals surface area (Å²) in [6.45, 7) is 8.70. The second-order valence-corrected chi connectivity index (χ2v) is 10.2. The standard InChI is InChI=1S/C25H32FN5OS/c1-3-29-11-13-30(14-12-29)22-10-9-18(15-21(22)26)27-24(32)23-16-20-17(2)28-31(25(20)33-23)19-7-5-4-6-8-19/h9-10,15-16,19H,3-8,11-14H2,1-2H3,(H,27,32). The van der Waals surface area contributed by atoms with Crippen molar-refractivity contribution in [3.63, 3.8) is 0 Å². The minimum Gasteiger partial charge on any atom is -0.367 e. The molecule has 176 valence electrons. The molecule has 8 heteroatoms. The van der Waals surface area contributed by atoms with E-state index in [1.165, 1.54) is 36.7 Å². The van der Waals surface area contributed by atoms with Gasteiger partial charge in [-0.1, -0.05) is 26.2 Å². The van der Waals surface area contributed by atoms with Crippen molar-refractivity contribution in [2.45, 2.75) is 52.0 Å². The van der Waals surface area contributed by atoms with Crippen molar-refractivity contribution in [2.24, 2.45) is 0 Å². The molecule has 1 aromatic carbocycles. The fourth-order valence-electron chi connectivity index (χ4n) is 5.10. The van der Waals surface area contributed by atoms with Crippen molar-refractivity contribution >= 4 is 38.8 Å². The number of carbonyl (C=O) groups excluding carboxylic acids is 1. The van der Waals surface area contributed by atoms with Crippen molar-refractivity contribution in [3.8, 4) is 0 Å². The van der Waals surface area contributed by atoms with E-state index in [0.717, 1.165) is 61.5 Å². The maximum atomic E-state index is 14.9. The van der Waals surface area contributed by atoms with E-state index in [9.17, 15) is 9.18 Å². The number of carbonyl (C=O) groups is 1. The highest BCUT2D eigenvalue weighted by Crippen LogP contribution is 2.36. The number of likely N-dealkylation sites (N-methyl/N-ethyl adjacent to an activating group) is 1. The lowest BCUT2D eigenvalue weighted by Gasteiger charge is -2.35. The summed E-state index contributed by atoms with van der Waals surface area (Å²) in [7, 11) is 0. The zero-order chi connectivity index (χ0) is 22.9. The quantitative estimate of drug-likeness (QED) is 0.540. The first-order valence-electron chi connectivity index (χ1n) is 12.1. The number of benzene rings is 1. The molecule has 2 aliphatic rings. The molecule has 1 saturated heterocycles. The summed E-state index contributed by atoms with van der Waals surface area (Å²) in [5.74, 6) is -0.493. The van der Waals surface area contributed by atoms with Crippen LogP contribution in [0.3, 0.4) is 0 Å². The van der Waals surface area contributed by atoms with Crippen LogP contribution in [0.2, 0.25) is 0 Å². The van der Waals surface area contributed by atoms with Crippen LogP contribution in [0.5, 0.6) is 0 Å². The number of hydrogen-bond donors (Lipinski definition) is 1. The summed E-state index contributed by atoms with van der Waals surface area (Å²) in [5.41, 5.74) is 2.05. The van der Waals surface area contributed by atoms with Crippen LogP contribution in [0, 0.1) is 12.7 Å². The topological polar surface area (TPSA) is 53.4 Å². The number of halogens is 1. The van der Waals surface area contributed by atoms with E-state index in [2.05, 4.69) is 26.7 Å². The van der Waals surface area contributed by atoms with E-state index in [0.29, 0.717) is 22.3 Å². The normalized spacial score (nSPS) is 18.2. The van der Waals surface area contributed by atoms with Crippen LogP contribution in [-0.2, 0) is 0 Å². The SMILES string of the molecule is CCN1CCN(c2ccc(NC(=O)c3cc4c(C)nn(C5CCCCC5)c4s3)cc2F)CC1. The number of hydrogen-bond acceptors (Lipinski definition) is 5. The van der Waals surface area contributed by atoms with Gasteiger partial charge in [-0.2, -0.15) is 5.10 Å². The fourth-order valence-corrected chi connectivity index (χ4v) is 6.22. The summed E-state index contributed by atoms with van der Waals surface area (Å²) >= 11 is 1.48. The number of nitrogens with one attached hydrogen (secondary N) is 1. The molecule has 6 nitrogen and oxygen atoms in total. The summed E-state index contributed by atoms with van der Waals surface area (Å²) in [6, 6.07) is 7.36. The Morgan fingerprint density at radius 1 is 1.15 bits per heavy atom. The molecule has 0 unspecified atom stereocenters. The predicted octanol–water partition coefficient (Wildman–Crippen LogP) is 5.44. The van der Waals surface area contributed by atoms with Crippen LogP contribution in [0.15, 0.2) is 24.3 Å². The Kier molecular flexibility index (Phi) is 6.38. The molecule has 0 bridgehead atoms. The van der Waals surface area contributed by atoms with Crippen molar-refractivity contribution in [2.75, 3.05) is 42.9 Å². The number of nitrogens with zero attached hydrogens (tertiary/aromatic N) is 4. The van der Waals surface area contributed by atoms with Crippen LogP contribution in [-0.4, -0.2) is 53.3 Å². The number of piperazine rings is 1. The van der Waals surface area contributed by atoms with E-state index < -0.39 is 0 Å². The number of thiophene rings is 1. The first-order chi connectivity index (χ1) is 16.0. The van der Waals surface area contributed by atoms with Gasteiger partial charge < -0.3 is 15.1 Å². The molecule has 1 amide bonds. The molecule has 1 aliphatic heterocycles. The van der Waals surface area contributed by atoms with Gasteiger partial charge in [-0.3, -0.25) is 9.48 Å². The number of fused-ring (bicyclic) bond motifs is 1. The van der Waals surface area contributed by atoms with Gasteiger partial charge in [0.25, 0.3) is 5.91 Å². The first-order valence-corrected chi connectivity index (χ1v) is 12.9. The van der Waals surface area contributed by atoms with Gasteiger partial charge in [-0.25, -0.2) is 4.39 Å². The lowest BCUT2D eigenvalue weighted by Crippen LogP contribution is -2.46. The number of aryl methyl sites for hydroxylation is 1. The average molecular weight is 470 g/mol. The predicted molar refractivity (Wildman–Crippen MR) is 133 cm³/mol. The summed E-state index contributed by atoms with van der Waals surface area (Å²) in [5, 5.41) is 8.71. The monoisotopic (exact) mass is 469 g/mol. The number of aromatic nitrogens is 2. The minimum absolute atomic E-state index is 0.200. The molecule has 1 aliphatic carbocycles. The van der Waals surface area contributed by atoms with Crippen molar-refractivity contribution in [3.05, 3.63) is 40.7 Å². The first kappa shape index (κ1) is 22.3. The molecule has 2 fully saturated rings. The molecule has 0 radical (unpaired) electrons. The van der Waals surface area contributed by atoms with Crippen molar-refractivity contribution in [1.29, 1.82) is 0 Å². The molecular weight excluding hydrogens is 437 g/mol. The smallest absolute Gasteiger partial charge is 0.265 e. The molecule has 2 aromatic heterocycles.